The molecule has 0 aromatic carbocycles. The molecule has 0 radical (unpaired) electrons. The minimum absolute atomic E-state index is 0.257. The number of pyridine rings is 1. The Labute approximate surface area is 121 Å². The number of nitrogens with zero attached hydrogens (tertiary/aromatic N) is 3. The van der Waals surface area contributed by atoms with Crippen molar-refractivity contribution in [1.82, 2.24) is 19.8 Å². The van der Waals surface area contributed by atoms with E-state index in [2.05, 4.69) is 10.3 Å². The molecule has 0 spiro atoms. The molecular weight excluding hydrogens is 272 g/mol. The molecule has 1 fully saturated rings. The van der Waals surface area contributed by atoms with Crippen molar-refractivity contribution in [2.75, 3.05) is 6.54 Å². The van der Waals surface area contributed by atoms with E-state index in [1.807, 2.05) is 25.3 Å². The molecule has 0 saturated carbocycles. The van der Waals surface area contributed by atoms with E-state index in [4.69, 9.17) is 0 Å². The van der Waals surface area contributed by atoms with Crippen molar-refractivity contribution in [2.45, 2.75) is 25.8 Å². The number of rotatable bonds is 2. The van der Waals surface area contributed by atoms with E-state index >= 15 is 0 Å². The summed E-state index contributed by atoms with van der Waals surface area (Å²) in [5, 5.41) is 12.7. The Kier molecular flexibility index (Phi) is 3.34. The highest BCUT2D eigenvalue weighted by Crippen LogP contribution is 2.12. The summed E-state index contributed by atoms with van der Waals surface area (Å²) in [4.78, 5) is 28.2. The minimum atomic E-state index is -0.692. The van der Waals surface area contributed by atoms with E-state index in [1.54, 1.807) is 10.6 Å². The average molecular weight is 288 g/mol. The number of hydroxylamine groups is 2. The van der Waals surface area contributed by atoms with Crippen molar-refractivity contribution in [3.63, 3.8) is 0 Å². The van der Waals surface area contributed by atoms with Crippen LogP contribution in [0.1, 0.15) is 28.9 Å². The number of hydrogen-bond acceptors (Lipinski definition) is 4. The second kappa shape index (κ2) is 5.17. The molecule has 7 heteroatoms. The van der Waals surface area contributed by atoms with E-state index in [1.165, 1.54) is 0 Å². The summed E-state index contributed by atoms with van der Waals surface area (Å²) in [7, 11) is 0. The standard InChI is InChI=1S/C14H16N4O3/c1-9-4-2-6-17-8-11(15-12(9)17)13(19)16-10-5-3-7-18(21)14(10)20/h2,4,6,8,10,21H,3,5,7H2,1H3,(H,16,19). The highest BCUT2D eigenvalue weighted by molar-refractivity contribution is 5.96. The fourth-order valence-corrected chi connectivity index (χ4v) is 2.49. The first-order valence-electron chi connectivity index (χ1n) is 6.81. The molecule has 7 nitrogen and oxygen atoms in total. The van der Waals surface area contributed by atoms with Gasteiger partial charge in [0.1, 0.15) is 17.4 Å². The van der Waals surface area contributed by atoms with Crippen LogP contribution in [-0.4, -0.2) is 44.1 Å². The summed E-state index contributed by atoms with van der Waals surface area (Å²) in [6, 6.07) is 3.10. The highest BCUT2D eigenvalue weighted by atomic mass is 16.5. The van der Waals surface area contributed by atoms with Crippen molar-refractivity contribution in [3.05, 3.63) is 35.8 Å². The maximum atomic E-state index is 12.2. The Morgan fingerprint density at radius 1 is 1.52 bits per heavy atom. The van der Waals surface area contributed by atoms with Crippen LogP contribution in [0.25, 0.3) is 5.65 Å². The number of carbonyl (C=O) groups is 2. The largest absolute Gasteiger partial charge is 0.339 e. The minimum Gasteiger partial charge on any atom is -0.339 e. The zero-order chi connectivity index (χ0) is 15.0. The normalized spacial score (nSPS) is 19.0. The summed E-state index contributed by atoms with van der Waals surface area (Å²) in [5.41, 5.74) is 1.93. The number of piperidine rings is 1. The molecular formula is C14H16N4O3. The molecule has 0 bridgehead atoms. The van der Waals surface area contributed by atoms with E-state index in [9.17, 15) is 14.8 Å². The van der Waals surface area contributed by atoms with Crippen LogP contribution >= 0.6 is 0 Å². The lowest BCUT2D eigenvalue weighted by atomic mass is 10.1. The van der Waals surface area contributed by atoms with Crippen LogP contribution in [0.2, 0.25) is 0 Å². The molecule has 1 unspecified atom stereocenters. The van der Waals surface area contributed by atoms with Crippen molar-refractivity contribution < 1.29 is 14.8 Å². The van der Waals surface area contributed by atoms with E-state index in [0.717, 1.165) is 5.56 Å². The van der Waals surface area contributed by atoms with Crippen LogP contribution in [0.5, 0.6) is 0 Å². The summed E-state index contributed by atoms with van der Waals surface area (Å²) in [6.07, 6.45) is 4.61. The number of imidazole rings is 1. The average Bonchev–Trinajstić information content (AvgIpc) is 2.89. The fraction of sp³-hybridized carbons (Fsp3) is 0.357. The Hall–Kier alpha value is -2.41. The van der Waals surface area contributed by atoms with Crippen LogP contribution in [0, 0.1) is 6.92 Å². The molecule has 3 rings (SSSR count). The third-order valence-corrected chi connectivity index (χ3v) is 3.63. The quantitative estimate of drug-likeness (QED) is 0.798. The van der Waals surface area contributed by atoms with Crippen molar-refractivity contribution in [3.8, 4) is 0 Å². The molecule has 3 heterocycles. The van der Waals surface area contributed by atoms with Gasteiger partial charge in [-0.3, -0.25) is 14.8 Å². The van der Waals surface area contributed by atoms with E-state index in [0.29, 0.717) is 30.1 Å². The Bertz CT molecular complexity index is 709. The fourth-order valence-electron chi connectivity index (χ4n) is 2.49. The van der Waals surface area contributed by atoms with Crippen LogP contribution in [0.3, 0.4) is 0 Å². The monoisotopic (exact) mass is 288 g/mol. The van der Waals surface area contributed by atoms with Gasteiger partial charge in [-0.2, -0.15) is 0 Å². The van der Waals surface area contributed by atoms with Gasteiger partial charge in [0.15, 0.2) is 0 Å². The lowest BCUT2D eigenvalue weighted by Gasteiger charge is -2.27. The molecule has 2 amide bonds. The molecule has 2 aromatic heterocycles. The number of fused-ring (bicyclic) bond motifs is 1. The van der Waals surface area contributed by atoms with Gasteiger partial charge in [0.2, 0.25) is 0 Å². The van der Waals surface area contributed by atoms with Gasteiger partial charge in [0, 0.05) is 18.9 Å². The zero-order valence-corrected chi connectivity index (χ0v) is 11.6. The van der Waals surface area contributed by atoms with Gasteiger partial charge >= 0.3 is 0 Å². The van der Waals surface area contributed by atoms with Crippen LogP contribution in [0.15, 0.2) is 24.5 Å². The topological polar surface area (TPSA) is 86.9 Å². The second-order valence-electron chi connectivity index (χ2n) is 5.18. The van der Waals surface area contributed by atoms with Crippen LogP contribution < -0.4 is 5.32 Å². The van der Waals surface area contributed by atoms with Gasteiger partial charge in [-0.25, -0.2) is 10.0 Å². The molecule has 1 atom stereocenters. The zero-order valence-electron chi connectivity index (χ0n) is 11.6. The van der Waals surface area contributed by atoms with E-state index in [-0.39, 0.29) is 5.69 Å². The summed E-state index contributed by atoms with van der Waals surface area (Å²) < 4.78 is 1.77. The predicted octanol–water partition coefficient (Wildman–Crippen LogP) is 0.753. The smallest absolute Gasteiger partial charge is 0.272 e. The predicted molar refractivity (Wildman–Crippen MR) is 73.9 cm³/mol. The third-order valence-electron chi connectivity index (χ3n) is 3.63. The Morgan fingerprint density at radius 2 is 2.33 bits per heavy atom. The number of nitrogens with one attached hydrogen (secondary N) is 1. The maximum absolute atomic E-state index is 12.2. The van der Waals surface area contributed by atoms with Gasteiger partial charge in [-0.15, -0.1) is 0 Å². The summed E-state index contributed by atoms with van der Waals surface area (Å²) in [6.45, 7) is 2.22. The molecule has 2 N–H and O–H groups in total. The van der Waals surface area contributed by atoms with Crippen LogP contribution in [0.4, 0.5) is 0 Å². The molecule has 1 aliphatic heterocycles. The summed E-state index contributed by atoms with van der Waals surface area (Å²) >= 11 is 0. The van der Waals surface area contributed by atoms with Crippen molar-refractivity contribution in [1.29, 1.82) is 0 Å². The molecule has 2 aromatic rings. The van der Waals surface area contributed by atoms with Gasteiger partial charge in [-0.05, 0) is 31.4 Å². The maximum Gasteiger partial charge on any atom is 0.272 e. The molecule has 1 saturated heterocycles. The van der Waals surface area contributed by atoms with Gasteiger partial charge < -0.3 is 9.72 Å². The molecule has 21 heavy (non-hydrogen) atoms. The number of amides is 2. The van der Waals surface area contributed by atoms with Crippen molar-refractivity contribution >= 4 is 17.5 Å². The lowest BCUT2D eigenvalue weighted by molar-refractivity contribution is -0.172. The summed E-state index contributed by atoms with van der Waals surface area (Å²) in [5.74, 6) is -0.888. The first-order valence-corrected chi connectivity index (χ1v) is 6.81. The lowest BCUT2D eigenvalue weighted by Crippen LogP contribution is -2.51. The van der Waals surface area contributed by atoms with E-state index < -0.39 is 17.9 Å². The first kappa shape index (κ1) is 13.6. The Morgan fingerprint density at radius 3 is 3.10 bits per heavy atom. The number of aryl methyl sites for hydroxylation is 1. The molecule has 110 valence electrons. The number of hydrogen-bond donors (Lipinski definition) is 2. The SMILES string of the molecule is Cc1cccn2cc(C(=O)NC3CCCN(O)C3=O)nc12. The van der Waals surface area contributed by atoms with Crippen molar-refractivity contribution in [2.24, 2.45) is 0 Å². The van der Waals surface area contributed by atoms with Crippen LogP contribution in [-0.2, 0) is 4.79 Å². The third kappa shape index (κ3) is 2.47. The Balaban J connectivity index is 1.81. The van der Waals surface area contributed by atoms with Gasteiger partial charge in [-0.1, -0.05) is 6.07 Å². The number of aromatic nitrogens is 2. The second-order valence-corrected chi connectivity index (χ2v) is 5.18. The van der Waals surface area contributed by atoms with Gasteiger partial charge in [0.05, 0.1) is 0 Å². The molecule has 1 aliphatic rings. The molecule has 0 aliphatic carbocycles. The highest BCUT2D eigenvalue weighted by Gasteiger charge is 2.29. The number of carbonyl (C=O) groups excluding carboxylic acids is 2. The van der Waals surface area contributed by atoms with Gasteiger partial charge in [0.25, 0.3) is 11.8 Å². The first-order chi connectivity index (χ1) is 10.1.